The van der Waals surface area contributed by atoms with Crippen molar-refractivity contribution < 1.29 is 24.2 Å². The van der Waals surface area contributed by atoms with Crippen molar-refractivity contribution in [3.8, 4) is 11.5 Å². The Morgan fingerprint density at radius 3 is 2.65 bits per heavy atom. The molecule has 2 aromatic rings. The molecule has 0 aliphatic carbocycles. The number of hydrogen-bond acceptors (Lipinski definition) is 4. The van der Waals surface area contributed by atoms with Gasteiger partial charge < -0.3 is 19.9 Å². The van der Waals surface area contributed by atoms with E-state index in [2.05, 4.69) is 5.32 Å². The molecule has 1 aliphatic heterocycles. The van der Waals surface area contributed by atoms with Crippen LogP contribution in [0.2, 0.25) is 5.02 Å². The zero-order valence-electron chi connectivity index (χ0n) is 11.8. The summed E-state index contributed by atoms with van der Waals surface area (Å²) in [5.41, 5.74) is 0.231. The fourth-order valence-electron chi connectivity index (χ4n) is 2.12. The number of carbonyl (C=O) groups is 2. The Balaban J connectivity index is 1.75. The first kappa shape index (κ1) is 15.2. The number of nitrogens with one attached hydrogen (secondary N) is 1. The smallest absolute Gasteiger partial charge is 0.335 e. The van der Waals surface area contributed by atoms with Gasteiger partial charge in [0.15, 0.2) is 11.5 Å². The Hall–Kier alpha value is -2.73. The number of para-hydroxylation sites is 2. The lowest BCUT2D eigenvalue weighted by atomic mass is 10.2. The number of aromatic carboxylic acids is 1. The van der Waals surface area contributed by atoms with Crippen LogP contribution in [-0.2, 0) is 4.79 Å². The van der Waals surface area contributed by atoms with Crippen molar-refractivity contribution >= 4 is 29.2 Å². The summed E-state index contributed by atoms with van der Waals surface area (Å²) in [6.45, 7) is 0.0546. The van der Waals surface area contributed by atoms with Crippen molar-refractivity contribution in [3.63, 3.8) is 0 Å². The Kier molecular flexibility index (Phi) is 4.08. The topological polar surface area (TPSA) is 84.9 Å². The van der Waals surface area contributed by atoms with E-state index in [-0.39, 0.29) is 22.9 Å². The van der Waals surface area contributed by atoms with Gasteiger partial charge in [0.25, 0.3) is 5.91 Å². The number of carbonyl (C=O) groups excluding carboxylic acids is 1. The zero-order chi connectivity index (χ0) is 16.4. The molecule has 2 N–H and O–H groups in total. The number of hydrogen-bond donors (Lipinski definition) is 2. The van der Waals surface area contributed by atoms with E-state index in [1.165, 1.54) is 18.2 Å². The molecule has 7 heteroatoms. The molecule has 23 heavy (non-hydrogen) atoms. The number of halogens is 1. The summed E-state index contributed by atoms with van der Waals surface area (Å²) in [5.74, 6) is -0.529. The first-order valence-electron chi connectivity index (χ1n) is 6.77. The maximum absolute atomic E-state index is 12.3. The molecule has 1 amide bonds. The number of fused-ring (bicyclic) bond motifs is 1. The second-order valence-electron chi connectivity index (χ2n) is 4.85. The summed E-state index contributed by atoms with van der Waals surface area (Å²) >= 11 is 5.99. The van der Waals surface area contributed by atoms with Gasteiger partial charge in [-0.15, -0.1) is 0 Å². The van der Waals surface area contributed by atoms with Crippen LogP contribution in [0.15, 0.2) is 42.5 Å². The Bertz CT molecular complexity index is 777. The molecule has 0 radical (unpaired) electrons. The van der Waals surface area contributed by atoms with Gasteiger partial charge in [-0.05, 0) is 30.3 Å². The predicted octanol–water partition coefficient (Wildman–Crippen LogP) is 2.82. The Morgan fingerprint density at radius 2 is 1.91 bits per heavy atom. The van der Waals surface area contributed by atoms with Crippen molar-refractivity contribution in [3.05, 3.63) is 53.1 Å². The molecule has 0 bridgehead atoms. The van der Waals surface area contributed by atoms with E-state index >= 15 is 0 Å². The molecular formula is C16H12ClNO5. The lowest BCUT2D eigenvalue weighted by Gasteiger charge is -2.25. The van der Waals surface area contributed by atoms with E-state index in [1.807, 2.05) is 0 Å². The molecule has 6 nitrogen and oxygen atoms in total. The highest BCUT2D eigenvalue weighted by molar-refractivity contribution is 6.33. The molecule has 118 valence electrons. The first-order chi connectivity index (χ1) is 11.0. The Morgan fingerprint density at radius 1 is 1.17 bits per heavy atom. The van der Waals surface area contributed by atoms with Crippen LogP contribution in [0, 0.1) is 0 Å². The summed E-state index contributed by atoms with van der Waals surface area (Å²) < 4.78 is 11.1. The van der Waals surface area contributed by atoms with E-state index in [0.29, 0.717) is 11.5 Å². The van der Waals surface area contributed by atoms with Gasteiger partial charge in [-0.1, -0.05) is 23.7 Å². The van der Waals surface area contributed by atoms with Crippen LogP contribution in [0.1, 0.15) is 10.4 Å². The molecule has 0 saturated heterocycles. The zero-order valence-corrected chi connectivity index (χ0v) is 12.5. The van der Waals surface area contributed by atoms with Gasteiger partial charge in [0.1, 0.15) is 6.61 Å². The van der Waals surface area contributed by atoms with Crippen LogP contribution in [-0.4, -0.2) is 29.7 Å². The summed E-state index contributed by atoms with van der Waals surface area (Å²) in [6, 6.07) is 11.1. The fourth-order valence-corrected chi connectivity index (χ4v) is 2.28. The minimum absolute atomic E-state index is 0.0239. The van der Waals surface area contributed by atoms with E-state index in [9.17, 15) is 9.59 Å². The van der Waals surface area contributed by atoms with Crippen LogP contribution in [0.25, 0.3) is 0 Å². The number of anilines is 1. The summed E-state index contributed by atoms with van der Waals surface area (Å²) in [6.07, 6.45) is -0.852. The van der Waals surface area contributed by atoms with E-state index in [0.717, 1.165) is 0 Å². The monoisotopic (exact) mass is 333 g/mol. The molecule has 1 unspecified atom stereocenters. The molecule has 1 heterocycles. The van der Waals surface area contributed by atoms with Crippen LogP contribution < -0.4 is 14.8 Å². The third-order valence-corrected chi connectivity index (χ3v) is 3.60. The molecule has 0 saturated carbocycles. The molecule has 0 fully saturated rings. The number of carboxylic acids is 1. The van der Waals surface area contributed by atoms with E-state index in [1.54, 1.807) is 24.3 Å². The lowest BCUT2D eigenvalue weighted by molar-refractivity contribution is -0.125. The van der Waals surface area contributed by atoms with Gasteiger partial charge in [0, 0.05) is 0 Å². The lowest BCUT2D eigenvalue weighted by Crippen LogP contribution is -2.40. The highest BCUT2D eigenvalue weighted by Gasteiger charge is 2.27. The van der Waals surface area contributed by atoms with Crippen LogP contribution >= 0.6 is 11.6 Å². The number of benzene rings is 2. The second kappa shape index (κ2) is 6.18. The average Bonchev–Trinajstić information content (AvgIpc) is 2.56. The third kappa shape index (κ3) is 3.22. The van der Waals surface area contributed by atoms with Crippen LogP contribution in [0.5, 0.6) is 11.5 Å². The van der Waals surface area contributed by atoms with Crippen molar-refractivity contribution in [2.45, 2.75) is 6.10 Å². The average molecular weight is 334 g/mol. The molecular weight excluding hydrogens is 322 g/mol. The minimum atomic E-state index is -1.11. The van der Waals surface area contributed by atoms with Gasteiger partial charge in [0.2, 0.25) is 6.10 Å². The minimum Gasteiger partial charge on any atom is -0.485 e. The number of amides is 1. The van der Waals surface area contributed by atoms with Crippen molar-refractivity contribution in [1.82, 2.24) is 0 Å². The van der Waals surface area contributed by atoms with E-state index < -0.39 is 18.0 Å². The quantitative estimate of drug-likeness (QED) is 0.902. The molecule has 2 aromatic carbocycles. The molecule has 3 rings (SSSR count). The summed E-state index contributed by atoms with van der Waals surface area (Å²) in [5, 5.41) is 11.8. The molecule has 0 spiro atoms. The predicted molar refractivity (Wildman–Crippen MR) is 83.4 cm³/mol. The largest absolute Gasteiger partial charge is 0.485 e. The molecule has 1 aliphatic rings. The number of carboxylic acid groups (broad SMARTS) is 1. The summed E-state index contributed by atoms with van der Waals surface area (Å²) in [4.78, 5) is 23.3. The standard InChI is InChI=1S/C16H12ClNO5/c17-10-6-5-9(16(20)21)7-11(10)18-15(19)14-8-22-12-3-1-2-4-13(12)23-14/h1-7,14H,8H2,(H,18,19)(H,20,21). The maximum Gasteiger partial charge on any atom is 0.335 e. The SMILES string of the molecule is O=C(O)c1ccc(Cl)c(NC(=O)C2COc3ccccc3O2)c1. The van der Waals surface area contributed by atoms with Crippen LogP contribution in [0.4, 0.5) is 5.69 Å². The third-order valence-electron chi connectivity index (χ3n) is 3.27. The van der Waals surface area contributed by atoms with Gasteiger partial charge in [-0.3, -0.25) is 4.79 Å². The number of rotatable bonds is 3. The van der Waals surface area contributed by atoms with E-state index in [4.69, 9.17) is 26.2 Å². The fraction of sp³-hybridized carbons (Fsp3) is 0.125. The highest BCUT2D eigenvalue weighted by atomic mass is 35.5. The van der Waals surface area contributed by atoms with Gasteiger partial charge in [-0.2, -0.15) is 0 Å². The second-order valence-corrected chi connectivity index (χ2v) is 5.26. The summed E-state index contributed by atoms with van der Waals surface area (Å²) in [7, 11) is 0. The maximum atomic E-state index is 12.3. The number of ether oxygens (including phenoxy) is 2. The van der Waals surface area contributed by atoms with Crippen LogP contribution in [0.3, 0.4) is 0 Å². The van der Waals surface area contributed by atoms with Gasteiger partial charge >= 0.3 is 5.97 Å². The molecule has 0 aromatic heterocycles. The van der Waals surface area contributed by atoms with Crippen molar-refractivity contribution in [2.75, 3.05) is 11.9 Å². The van der Waals surface area contributed by atoms with Crippen molar-refractivity contribution in [1.29, 1.82) is 0 Å². The first-order valence-corrected chi connectivity index (χ1v) is 7.14. The van der Waals surface area contributed by atoms with Gasteiger partial charge in [-0.25, -0.2) is 4.79 Å². The Labute approximate surface area is 136 Å². The van der Waals surface area contributed by atoms with Crippen molar-refractivity contribution in [2.24, 2.45) is 0 Å². The molecule has 1 atom stereocenters. The van der Waals surface area contributed by atoms with Gasteiger partial charge in [0.05, 0.1) is 16.3 Å². The highest BCUT2D eigenvalue weighted by Crippen LogP contribution is 2.31. The normalized spacial score (nSPS) is 15.8.